The van der Waals surface area contributed by atoms with Crippen molar-refractivity contribution in [3.05, 3.63) is 32.9 Å². The standard InChI is InChI=1S/C32H54N4.O.V/c1-9-21-17(5)25-13-26-18(6)23(11-3)31(34-26)16-32-24(12-4)20(8)28(36-32)15-30-22(10-2)19(7)27(35-30)14-29(21)33-25;;/h18-19,22-23,25-33,36H,9-16H2,1-8H3;;/q-2;;+2. The Morgan fingerprint density at radius 3 is 1.34 bits per heavy atom. The van der Waals surface area contributed by atoms with Crippen molar-refractivity contribution in [3.63, 3.8) is 0 Å². The normalized spacial score (nSPS) is 45.0. The Morgan fingerprint density at radius 2 is 0.974 bits per heavy atom. The molecule has 0 radical (unpaired) electrons. The van der Waals surface area contributed by atoms with Gasteiger partial charge in [-0.1, -0.05) is 100 Å². The van der Waals surface area contributed by atoms with E-state index in [0.717, 1.165) is 30.2 Å². The third kappa shape index (κ3) is 5.59. The van der Waals surface area contributed by atoms with Crippen LogP contribution in [0.5, 0.6) is 0 Å². The van der Waals surface area contributed by atoms with Gasteiger partial charge in [0.2, 0.25) is 0 Å². The van der Waals surface area contributed by atoms with Crippen molar-refractivity contribution in [2.45, 2.75) is 155 Å². The van der Waals surface area contributed by atoms with Gasteiger partial charge in [0.1, 0.15) is 0 Å². The Balaban J connectivity index is 0.00000164. The number of nitrogens with one attached hydrogen (secondary N) is 2. The number of nitrogens with zero attached hydrogens (tertiary/aromatic N) is 2. The second-order valence-electron chi connectivity index (χ2n) is 13.0. The van der Waals surface area contributed by atoms with Gasteiger partial charge >= 0.3 is 21.0 Å². The van der Waals surface area contributed by atoms with Crippen LogP contribution in [0.3, 0.4) is 0 Å². The topological polar surface area (TPSA) is 69.3 Å². The van der Waals surface area contributed by atoms with Gasteiger partial charge in [0, 0.05) is 24.2 Å². The van der Waals surface area contributed by atoms with E-state index in [1.807, 2.05) is 0 Å². The first-order chi connectivity index (χ1) is 18.3. The van der Waals surface area contributed by atoms with Crippen molar-refractivity contribution in [2.75, 3.05) is 0 Å². The number of hydrogen-bond donors (Lipinski definition) is 2. The molecule has 0 aliphatic carbocycles. The van der Waals surface area contributed by atoms with Gasteiger partial charge in [0.25, 0.3) is 0 Å². The van der Waals surface area contributed by atoms with E-state index in [-0.39, 0.29) is 0 Å². The van der Waals surface area contributed by atoms with Crippen LogP contribution in [0, 0.1) is 23.7 Å². The molecular formula is C32H54N4OV. The van der Waals surface area contributed by atoms with Crippen molar-refractivity contribution in [3.8, 4) is 0 Å². The summed E-state index contributed by atoms with van der Waals surface area (Å²) in [4.78, 5) is 0. The molecule has 3 saturated heterocycles. The summed E-state index contributed by atoms with van der Waals surface area (Å²) < 4.78 is 8.19. The SMILES string of the molecule is CCC1=C(C)C2CC3[N-]C(CC4NC(CC5[N-]C(CC1N2)C(C)C5CC)C(C)=C4CC)C(CC)C3C.[O]=[V+2]. The van der Waals surface area contributed by atoms with Gasteiger partial charge in [-0.25, -0.2) is 0 Å². The fraction of sp³-hybridized carbons (Fsp3) is 0.875. The first-order valence-corrected chi connectivity index (χ1v) is 16.4. The van der Waals surface area contributed by atoms with Crippen LogP contribution in [0.1, 0.15) is 107 Å². The minimum atomic E-state index is 0.480. The van der Waals surface area contributed by atoms with E-state index in [2.05, 4.69) is 66.0 Å². The zero-order valence-corrected chi connectivity index (χ0v) is 26.7. The van der Waals surface area contributed by atoms with Crippen LogP contribution in [0.4, 0.5) is 0 Å². The summed E-state index contributed by atoms with van der Waals surface area (Å²) in [7, 11) is 0. The molecule has 0 aromatic heterocycles. The number of rotatable bonds is 4. The fourth-order valence-corrected chi connectivity index (χ4v) is 9.43. The van der Waals surface area contributed by atoms with Gasteiger partial charge in [-0.3, -0.25) is 0 Å². The van der Waals surface area contributed by atoms with Crippen LogP contribution in [0.25, 0.3) is 10.6 Å². The first kappa shape index (κ1) is 30.7. The molecule has 2 N–H and O–H groups in total. The number of fused-ring (bicyclic) bond motifs is 8. The molecule has 5 aliphatic rings. The van der Waals surface area contributed by atoms with Crippen LogP contribution in [0.2, 0.25) is 0 Å². The average molecular weight is 562 g/mol. The maximum atomic E-state index is 8.19. The molecule has 3 fully saturated rings. The molecule has 0 saturated carbocycles. The molecule has 0 amide bonds. The summed E-state index contributed by atoms with van der Waals surface area (Å²) in [5.74, 6) is 2.79. The Kier molecular flexibility index (Phi) is 10.6. The molecular weight excluding hydrogens is 507 g/mol. The third-order valence-corrected chi connectivity index (χ3v) is 11.6. The van der Waals surface area contributed by atoms with Crippen molar-refractivity contribution in [1.82, 2.24) is 10.6 Å². The molecule has 12 unspecified atom stereocenters. The molecule has 0 aromatic rings. The number of hydrogen-bond acceptors (Lipinski definition) is 3. The Morgan fingerprint density at radius 1 is 0.632 bits per heavy atom. The maximum absolute atomic E-state index is 8.19. The summed E-state index contributed by atoms with van der Waals surface area (Å²) in [5, 5.41) is 19.5. The molecule has 6 heteroatoms. The zero-order valence-electron chi connectivity index (χ0n) is 25.3. The first-order valence-electron chi connectivity index (χ1n) is 15.8. The van der Waals surface area contributed by atoms with Crippen molar-refractivity contribution < 1.29 is 21.0 Å². The molecule has 213 valence electrons. The van der Waals surface area contributed by atoms with Gasteiger partial charge in [-0.05, 0) is 52.4 Å². The summed E-state index contributed by atoms with van der Waals surface area (Å²) in [5.41, 5.74) is 6.58. The van der Waals surface area contributed by atoms with E-state index in [9.17, 15) is 0 Å². The minimum absolute atomic E-state index is 0.480. The van der Waals surface area contributed by atoms with Gasteiger partial charge in [-0.15, -0.1) is 24.2 Å². The molecule has 38 heavy (non-hydrogen) atoms. The van der Waals surface area contributed by atoms with Crippen LogP contribution >= 0.6 is 0 Å². The van der Waals surface area contributed by atoms with E-state index in [4.69, 9.17) is 14.3 Å². The fourth-order valence-electron chi connectivity index (χ4n) is 9.43. The van der Waals surface area contributed by atoms with Crippen molar-refractivity contribution in [1.29, 1.82) is 0 Å². The summed E-state index contributed by atoms with van der Waals surface area (Å²) in [6, 6.07) is 3.91. The monoisotopic (exact) mass is 561 g/mol. The Hall–Kier alpha value is -0.296. The quantitative estimate of drug-likeness (QED) is 0.358. The molecule has 5 nitrogen and oxygen atoms in total. The second kappa shape index (κ2) is 13.1. The summed E-state index contributed by atoms with van der Waals surface area (Å²) in [6.07, 6.45) is 9.55. The van der Waals surface area contributed by atoms with Crippen molar-refractivity contribution in [2.24, 2.45) is 23.7 Å². The average Bonchev–Trinajstić information content (AvgIpc) is 3.57. The van der Waals surface area contributed by atoms with Crippen LogP contribution < -0.4 is 10.6 Å². The Bertz CT molecular complexity index is 889. The molecule has 0 aromatic carbocycles. The van der Waals surface area contributed by atoms with E-state index < -0.39 is 0 Å². The molecule has 12 atom stereocenters. The molecule has 8 bridgehead atoms. The molecule has 5 aliphatic heterocycles. The van der Waals surface area contributed by atoms with E-state index in [1.165, 1.54) is 38.5 Å². The van der Waals surface area contributed by atoms with Crippen LogP contribution in [0.15, 0.2) is 22.3 Å². The van der Waals surface area contributed by atoms with Gasteiger partial charge in [0.05, 0.1) is 0 Å². The van der Waals surface area contributed by atoms with Crippen LogP contribution in [-0.2, 0) is 21.0 Å². The second-order valence-corrected chi connectivity index (χ2v) is 13.0. The third-order valence-electron chi connectivity index (χ3n) is 11.6. The van der Waals surface area contributed by atoms with Crippen molar-refractivity contribution >= 4 is 0 Å². The predicted molar refractivity (Wildman–Crippen MR) is 154 cm³/mol. The molecule has 0 spiro atoms. The van der Waals surface area contributed by atoms with E-state index in [0.29, 0.717) is 72.0 Å². The molecule has 5 heterocycles. The predicted octanol–water partition coefficient (Wildman–Crippen LogP) is 7.15. The van der Waals surface area contributed by atoms with E-state index in [1.54, 1.807) is 22.3 Å². The summed E-state index contributed by atoms with van der Waals surface area (Å²) in [6.45, 7) is 19.4. The Labute approximate surface area is 242 Å². The van der Waals surface area contributed by atoms with Crippen LogP contribution in [-0.4, -0.2) is 48.3 Å². The van der Waals surface area contributed by atoms with Gasteiger partial charge < -0.3 is 21.3 Å². The van der Waals surface area contributed by atoms with E-state index >= 15 is 0 Å². The molecule has 5 rings (SSSR count). The zero-order chi connectivity index (χ0) is 27.7. The summed E-state index contributed by atoms with van der Waals surface area (Å²) >= 11 is 1.06. The van der Waals surface area contributed by atoms with Gasteiger partial charge in [0.15, 0.2) is 0 Å². The van der Waals surface area contributed by atoms with Gasteiger partial charge in [-0.2, -0.15) is 0 Å².